The van der Waals surface area contributed by atoms with Crippen LogP contribution in [0.5, 0.6) is 0 Å². The van der Waals surface area contributed by atoms with E-state index in [0.29, 0.717) is 40.7 Å². The minimum absolute atomic E-state index is 0.154. The van der Waals surface area contributed by atoms with Crippen molar-refractivity contribution in [3.63, 3.8) is 0 Å². The fourth-order valence-corrected chi connectivity index (χ4v) is 6.68. The van der Waals surface area contributed by atoms with Crippen molar-refractivity contribution in [2.75, 3.05) is 18.4 Å². The molecule has 1 aliphatic heterocycles. The Morgan fingerprint density at radius 1 is 1.16 bits per heavy atom. The van der Waals surface area contributed by atoms with Gasteiger partial charge in [-0.15, -0.1) is 11.3 Å². The molecule has 1 fully saturated rings. The van der Waals surface area contributed by atoms with Gasteiger partial charge in [-0.2, -0.15) is 4.31 Å². The van der Waals surface area contributed by atoms with Crippen LogP contribution in [-0.2, 0) is 21.9 Å². The van der Waals surface area contributed by atoms with E-state index in [2.05, 4.69) is 10.3 Å². The first-order chi connectivity index (χ1) is 15.3. The number of hydrogen-bond donors (Lipinski definition) is 1. The summed E-state index contributed by atoms with van der Waals surface area (Å²) in [5.74, 6) is -0.526. The molecule has 1 aliphatic rings. The molecule has 1 amide bonds. The molecule has 0 aliphatic carbocycles. The summed E-state index contributed by atoms with van der Waals surface area (Å²) in [6, 6.07) is 10.0. The van der Waals surface area contributed by atoms with E-state index in [1.807, 2.05) is 6.92 Å². The molecule has 2 aromatic heterocycles. The summed E-state index contributed by atoms with van der Waals surface area (Å²) in [4.78, 5) is 30.3. The van der Waals surface area contributed by atoms with Crippen LogP contribution in [0.2, 0.25) is 0 Å². The van der Waals surface area contributed by atoms with Crippen LogP contribution in [0.4, 0.5) is 5.69 Å². The maximum atomic E-state index is 12.9. The molecule has 0 radical (unpaired) electrons. The molecule has 32 heavy (non-hydrogen) atoms. The number of imidazole rings is 1. The maximum absolute atomic E-state index is 12.9. The van der Waals surface area contributed by atoms with Gasteiger partial charge >= 0.3 is 0 Å². The van der Waals surface area contributed by atoms with Crippen molar-refractivity contribution < 1.29 is 18.0 Å². The van der Waals surface area contributed by atoms with E-state index in [1.165, 1.54) is 15.6 Å². The molecule has 1 unspecified atom stereocenters. The van der Waals surface area contributed by atoms with Gasteiger partial charge in [-0.25, -0.2) is 13.4 Å². The first-order valence-electron chi connectivity index (χ1n) is 10.3. The Kier molecular flexibility index (Phi) is 6.27. The number of ketones is 1. The lowest BCUT2D eigenvalue weighted by molar-refractivity contribution is -0.120. The standard InChI is InChI=1S/C22H24N4O4S2/c1-15-5-10-19(31-15)32(29,30)26-12-3-4-17(14-26)22(28)24-18-8-6-16(7-9-18)20(27)21-23-11-13-25(21)2/h5-11,13,17H,3-4,12,14H2,1-2H3,(H,24,28). The number of amides is 1. The van der Waals surface area contributed by atoms with Crippen LogP contribution in [0.3, 0.4) is 0 Å². The van der Waals surface area contributed by atoms with Crippen LogP contribution in [0.1, 0.15) is 33.9 Å². The molecule has 8 nitrogen and oxygen atoms in total. The largest absolute Gasteiger partial charge is 0.331 e. The summed E-state index contributed by atoms with van der Waals surface area (Å²) < 4.78 is 29.2. The van der Waals surface area contributed by atoms with Crippen molar-refractivity contribution in [2.24, 2.45) is 13.0 Å². The highest BCUT2D eigenvalue weighted by Crippen LogP contribution is 2.28. The Balaban J connectivity index is 1.41. The van der Waals surface area contributed by atoms with Gasteiger partial charge < -0.3 is 9.88 Å². The van der Waals surface area contributed by atoms with E-state index in [4.69, 9.17) is 0 Å². The van der Waals surface area contributed by atoms with Gasteiger partial charge in [-0.3, -0.25) is 9.59 Å². The number of rotatable bonds is 6. The first-order valence-corrected chi connectivity index (χ1v) is 12.5. The summed E-state index contributed by atoms with van der Waals surface area (Å²) >= 11 is 1.24. The summed E-state index contributed by atoms with van der Waals surface area (Å²) in [6.45, 7) is 2.43. The predicted octanol–water partition coefficient (Wildman–Crippen LogP) is 3.06. The van der Waals surface area contributed by atoms with E-state index in [1.54, 1.807) is 60.4 Å². The summed E-state index contributed by atoms with van der Waals surface area (Å²) in [7, 11) is -1.84. The third-order valence-electron chi connectivity index (χ3n) is 5.50. The molecule has 0 saturated carbocycles. The Hall–Kier alpha value is -2.82. The summed E-state index contributed by atoms with van der Waals surface area (Å²) in [5, 5.41) is 2.85. The van der Waals surface area contributed by atoms with Crippen molar-refractivity contribution in [3.05, 3.63) is 65.1 Å². The van der Waals surface area contributed by atoms with Crippen LogP contribution in [0, 0.1) is 12.8 Å². The molecule has 4 rings (SSSR count). The highest BCUT2D eigenvalue weighted by atomic mass is 32.2. The number of carbonyl (C=O) groups excluding carboxylic acids is 2. The summed E-state index contributed by atoms with van der Waals surface area (Å²) in [6.07, 6.45) is 4.51. The fourth-order valence-electron chi connectivity index (χ4n) is 3.72. The molecule has 1 saturated heterocycles. The van der Waals surface area contributed by atoms with Gasteiger partial charge in [-0.1, -0.05) is 0 Å². The zero-order valence-corrected chi connectivity index (χ0v) is 19.4. The average molecular weight is 473 g/mol. The molecule has 10 heteroatoms. The van der Waals surface area contributed by atoms with Crippen LogP contribution >= 0.6 is 11.3 Å². The zero-order valence-electron chi connectivity index (χ0n) is 17.8. The van der Waals surface area contributed by atoms with Gasteiger partial charge in [-0.05, 0) is 56.2 Å². The van der Waals surface area contributed by atoms with E-state index in [-0.39, 0.29) is 18.2 Å². The number of aromatic nitrogens is 2. The highest BCUT2D eigenvalue weighted by Gasteiger charge is 2.34. The van der Waals surface area contributed by atoms with Crippen molar-refractivity contribution in [2.45, 2.75) is 24.0 Å². The Labute approximate surface area is 190 Å². The lowest BCUT2D eigenvalue weighted by Crippen LogP contribution is -2.43. The quantitative estimate of drug-likeness (QED) is 0.556. The molecule has 3 heterocycles. The number of anilines is 1. The number of nitrogens with zero attached hydrogens (tertiary/aromatic N) is 3. The molecule has 168 valence electrons. The smallest absolute Gasteiger partial charge is 0.252 e. The van der Waals surface area contributed by atoms with E-state index in [0.717, 1.165) is 4.88 Å². The minimum atomic E-state index is -3.59. The monoisotopic (exact) mass is 472 g/mol. The van der Waals surface area contributed by atoms with Crippen LogP contribution in [0.25, 0.3) is 0 Å². The zero-order chi connectivity index (χ0) is 22.9. The topological polar surface area (TPSA) is 101 Å². The van der Waals surface area contributed by atoms with E-state index in [9.17, 15) is 18.0 Å². The number of piperidine rings is 1. The lowest BCUT2D eigenvalue weighted by Gasteiger charge is -2.30. The number of aryl methyl sites for hydroxylation is 2. The van der Waals surface area contributed by atoms with Crippen molar-refractivity contribution in [1.82, 2.24) is 13.9 Å². The van der Waals surface area contributed by atoms with Gasteiger partial charge in [0.1, 0.15) is 4.21 Å². The number of sulfonamides is 1. The maximum Gasteiger partial charge on any atom is 0.252 e. The fraction of sp³-hybridized carbons (Fsp3) is 0.318. The second-order valence-corrected chi connectivity index (χ2v) is 11.3. The molecular formula is C22H24N4O4S2. The van der Waals surface area contributed by atoms with Crippen LogP contribution < -0.4 is 5.32 Å². The average Bonchev–Trinajstić information content (AvgIpc) is 3.42. The van der Waals surface area contributed by atoms with Gasteiger partial charge in [0.2, 0.25) is 11.7 Å². The molecule has 0 spiro atoms. The molecule has 0 bridgehead atoms. The molecular weight excluding hydrogens is 448 g/mol. The summed E-state index contributed by atoms with van der Waals surface area (Å²) in [5.41, 5.74) is 1.03. The van der Waals surface area contributed by atoms with Gasteiger partial charge in [0.25, 0.3) is 10.0 Å². The number of nitrogens with one attached hydrogen (secondary N) is 1. The van der Waals surface area contributed by atoms with Crippen molar-refractivity contribution in [3.8, 4) is 0 Å². The first kappa shape index (κ1) is 22.4. The van der Waals surface area contributed by atoms with Crippen LogP contribution in [0.15, 0.2) is 53.0 Å². The Morgan fingerprint density at radius 3 is 2.53 bits per heavy atom. The third-order valence-corrected chi connectivity index (χ3v) is 8.84. The number of benzene rings is 1. The van der Waals surface area contributed by atoms with Crippen molar-refractivity contribution in [1.29, 1.82) is 0 Å². The van der Waals surface area contributed by atoms with Crippen molar-refractivity contribution >= 4 is 38.7 Å². The normalized spacial score (nSPS) is 17.2. The van der Waals surface area contributed by atoms with E-state index >= 15 is 0 Å². The molecule has 1 N–H and O–H groups in total. The van der Waals surface area contributed by atoms with Gasteiger partial charge in [0.15, 0.2) is 5.82 Å². The number of hydrogen-bond acceptors (Lipinski definition) is 6. The SMILES string of the molecule is Cc1ccc(S(=O)(=O)N2CCCC(C(=O)Nc3ccc(C(=O)c4nccn4C)cc3)C2)s1. The van der Waals surface area contributed by atoms with Gasteiger partial charge in [0.05, 0.1) is 5.92 Å². The Morgan fingerprint density at radius 2 is 1.91 bits per heavy atom. The highest BCUT2D eigenvalue weighted by molar-refractivity contribution is 7.91. The molecule has 1 atom stereocenters. The van der Waals surface area contributed by atoms with Crippen LogP contribution in [-0.4, -0.2) is 47.1 Å². The molecule has 1 aromatic carbocycles. The number of thiophene rings is 1. The van der Waals surface area contributed by atoms with Gasteiger partial charge in [0, 0.05) is 48.7 Å². The molecule has 3 aromatic rings. The second-order valence-electron chi connectivity index (χ2n) is 7.82. The lowest BCUT2D eigenvalue weighted by atomic mass is 9.98. The predicted molar refractivity (Wildman–Crippen MR) is 122 cm³/mol. The number of carbonyl (C=O) groups is 2. The minimum Gasteiger partial charge on any atom is -0.331 e. The Bertz CT molecular complexity index is 1240. The van der Waals surface area contributed by atoms with E-state index < -0.39 is 15.9 Å². The third kappa shape index (κ3) is 4.52. The second kappa shape index (κ2) is 8.97.